The number of primary amides is 1. The van der Waals surface area contributed by atoms with Crippen molar-refractivity contribution in [3.05, 3.63) is 41.0 Å². The Morgan fingerprint density at radius 1 is 1.29 bits per heavy atom. The maximum Gasteiger partial charge on any atom is 0.251 e. The monoisotopic (exact) mass is 312 g/mol. The second kappa shape index (κ2) is 5.09. The van der Waals surface area contributed by atoms with E-state index in [0.717, 1.165) is 11.3 Å². The Balaban J connectivity index is 2.59. The molecule has 112 valence electrons. The molecule has 4 nitrogen and oxygen atoms in total. The minimum absolute atomic E-state index is 0.0373. The van der Waals surface area contributed by atoms with Gasteiger partial charge in [0.1, 0.15) is 0 Å². The van der Waals surface area contributed by atoms with Crippen LogP contribution in [0.4, 0.5) is 13.8 Å². The molecule has 1 aromatic heterocycles. The van der Waals surface area contributed by atoms with Crippen LogP contribution in [-0.2, 0) is 5.60 Å². The van der Waals surface area contributed by atoms with Crippen molar-refractivity contribution in [1.29, 1.82) is 0 Å². The van der Waals surface area contributed by atoms with Crippen LogP contribution in [0.25, 0.3) is 10.4 Å². The molecule has 21 heavy (non-hydrogen) atoms. The average molecular weight is 312 g/mol. The third kappa shape index (κ3) is 2.74. The van der Waals surface area contributed by atoms with E-state index < -0.39 is 23.1 Å². The van der Waals surface area contributed by atoms with Crippen LogP contribution in [0.3, 0.4) is 0 Å². The Hall–Kier alpha value is -1.99. The van der Waals surface area contributed by atoms with Gasteiger partial charge in [-0.25, -0.2) is 8.78 Å². The highest BCUT2D eigenvalue weighted by atomic mass is 32.1. The number of hydrogen-bond acceptors (Lipinski definition) is 4. The van der Waals surface area contributed by atoms with Gasteiger partial charge in [-0.1, -0.05) is 12.1 Å². The summed E-state index contributed by atoms with van der Waals surface area (Å²) in [5, 5.41) is 9.93. The average Bonchev–Trinajstić information content (AvgIpc) is 2.73. The number of aliphatic hydroxyl groups is 1. The molecule has 5 N–H and O–H groups in total. The first-order valence-corrected chi connectivity index (χ1v) is 6.85. The Morgan fingerprint density at radius 2 is 1.90 bits per heavy atom. The van der Waals surface area contributed by atoms with Gasteiger partial charge in [0.05, 0.1) is 16.2 Å². The molecule has 2 rings (SSSR count). The number of hydrogen-bond donors (Lipinski definition) is 3. The fraction of sp³-hybridized carbons (Fsp3) is 0.214. The molecule has 7 heteroatoms. The van der Waals surface area contributed by atoms with E-state index in [4.69, 9.17) is 11.5 Å². The van der Waals surface area contributed by atoms with Gasteiger partial charge in [0.2, 0.25) is 0 Å². The predicted molar refractivity (Wildman–Crippen MR) is 77.8 cm³/mol. The zero-order chi connectivity index (χ0) is 15.9. The largest absolute Gasteiger partial charge is 0.390 e. The summed E-state index contributed by atoms with van der Waals surface area (Å²) in [6.45, 7) is 2.72. The summed E-state index contributed by atoms with van der Waals surface area (Å²) < 4.78 is 28.2. The lowest BCUT2D eigenvalue weighted by Crippen LogP contribution is -2.18. The van der Waals surface area contributed by atoms with Crippen LogP contribution in [0.1, 0.15) is 29.8 Å². The molecule has 0 fully saturated rings. The second-order valence-corrected chi connectivity index (χ2v) is 6.18. The number of thiophene rings is 1. The molecule has 0 bridgehead atoms. The molecule has 0 atom stereocenters. The molecule has 2 aromatic rings. The minimum Gasteiger partial charge on any atom is -0.390 e. The number of rotatable bonds is 3. The van der Waals surface area contributed by atoms with Crippen molar-refractivity contribution >= 4 is 22.2 Å². The van der Waals surface area contributed by atoms with Gasteiger partial charge in [-0.3, -0.25) is 4.79 Å². The standard InChI is InChI=1S/C14H14F2N2O2S/c1-14(2,20)8-4-3-6(10(15)11(8)16)9-5-7(12(17)19)13(18)21-9/h3-5,20H,18H2,1-2H3,(H2,17,19). The molecule has 1 heterocycles. The molecule has 0 spiro atoms. The zero-order valence-electron chi connectivity index (χ0n) is 11.4. The molecule has 0 unspecified atom stereocenters. The summed E-state index contributed by atoms with van der Waals surface area (Å²) in [6.07, 6.45) is 0. The summed E-state index contributed by atoms with van der Waals surface area (Å²) in [5.41, 5.74) is 9.15. The number of nitrogen functional groups attached to an aromatic ring is 1. The molecule has 0 aliphatic rings. The van der Waals surface area contributed by atoms with Gasteiger partial charge < -0.3 is 16.6 Å². The summed E-state index contributed by atoms with van der Waals surface area (Å²) in [4.78, 5) is 11.4. The molecule has 0 saturated heterocycles. The number of amides is 1. The van der Waals surface area contributed by atoms with Gasteiger partial charge in [0.15, 0.2) is 11.6 Å². The molecule has 1 aromatic carbocycles. The van der Waals surface area contributed by atoms with E-state index in [-0.39, 0.29) is 21.7 Å². The van der Waals surface area contributed by atoms with Crippen LogP contribution in [0.5, 0.6) is 0 Å². The minimum atomic E-state index is -1.50. The maximum absolute atomic E-state index is 14.2. The van der Waals surface area contributed by atoms with Crippen molar-refractivity contribution in [3.8, 4) is 10.4 Å². The van der Waals surface area contributed by atoms with E-state index in [1.807, 2.05) is 0 Å². The summed E-state index contributed by atoms with van der Waals surface area (Å²) >= 11 is 0.940. The Labute approximate surface area is 124 Å². The number of carbonyl (C=O) groups excluding carboxylic acids is 1. The fourth-order valence-electron chi connectivity index (χ4n) is 1.94. The number of benzene rings is 1. The van der Waals surface area contributed by atoms with E-state index in [1.54, 1.807) is 0 Å². The van der Waals surface area contributed by atoms with Crippen molar-refractivity contribution in [2.24, 2.45) is 5.73 Å². The van der Waals surface area contributed by atoms with Crippen LogP contribution in [0.2, 0.25) is 0 Å². The lowest BCUT2D eigenvalue weighted by atomic mass is 9.95. The van der Waals surface area contributed by atoms with Crippen molar-refractivity contribution in [2.45, 2.75) is 19.4 Å². The van der Waals surface area contributed by atoms with Gasteiger partial charge in [0.25, 0.3) is 5.91 Å². The normalized spacial score (nSPS) is 11.7. The van der Waals surface area contributed by atoms with Gasteiger partial charge >= 0.3 is 0 Å². The van der Waals surface area contributed by atoms with Crippen molar-refractivity contribution in [3.63, 3.8) is 0 Å². The molecule has 0 saturated carbocycles. The summed E-state index contributed by atoms with van der Waals surface area (Å²) in [6, 6.07) is 3.96. The van der Waals surface area contributed by atoms with Crippen LogP contribution in [0, 0.1) is 11.6 Å². The fourth-order valence-corrected chi connectivity index (χ4v) is 2.89. The number of halogens is 2. The number of carbonyl (C=O) groups is 1. The van der Waals surface area contributed by atoms with E-state index in [9.17, 15) is 18.7 Å². The highest BCUT2D eigenvalue weighted by molar-refractivity contribution is 7.19. The van der Waals surface area contributed by atoms with Gasteiger partial charge in [-0.15, -0.1) is 11.3 Å². The lowest BCUT2D eigenvalue weighted by Gasteiger charge is -2.19. The van der Waals surface area contributed by atoms with E-state index in [2.05, 4.69) is 0 Å². The van der Waals surface area contributed by atoms with Gasteiger partial charge in [-0.05, 0) is 19.9 Å². The second-order valence-electron chi connectivity index (χ2n) is 5.10. The Bertz CT molecular complexity index is 720. The van der Waals surface area contributed by atoms with E-state index in [0.29, 0.717) is 4.88 Å². The highest BCUT2D eigenvalue weighted by Crippen LogP contribution is 2.37. The van der Waals surface area contributed by atoms with Crippen LogP contribution >= 0.6 is 11.3 Å². The Kier molecular flexibility index (Phi) is 3.73. The Morgan fingerprint density at radius 3 is 2.38 bits per heavy atom. The van der Waals surface area contributed by atoms with Crippen LogP contribution in [0.15, 0.2) is 18.2 Å². The molecule has 0 aliphatic carbocycles. The maximum atomic E-state index is 14.2. The highest BCUT2D eigenvalue weighted by Gasteiger charge is 2.25. The van der Waals surface area contributed by atoms with Crippen molar-refractivity contribution < 1.29 is 18.7 Å². The third-order valence-corrected chi connectivity index (χ3v) is 4.03. The first-order valence-electron chi connectivity index (χ1n) is 6.03. The molecular weight excluding hydrogens is 298 g/mol. The molecule has 0 aliphatic heterocycles. The van der Waals surface area contributed by atoms with Gasteiger partial charge in [-0.2, -0.15) is 0 Å². The summed E-state index contributed by atoms with van der Waals surface area (Å²) in [5.74, 6) is -2.97. The lowest BCUT2D eigenvalue weighted by molar-refractivity contribution is 0.0737. The van der Waals surface area contributed by atoms with E-state index >= 15 is 0 Å². The number of nitrogens with two attached hydrogens (primary N) is 2. The van der Waals surface area contributed by atoms with E-state index in [1.165, 1.54) is 32.0 Å². The molecule has 1 amide bonds. The first kappa shape index (κ1) is 15.4. The zero-order valence-corrected chi connectivity index (χ0v) is 12.2. The summed E-state index contributed by atoms with van der Waals surface area (Å²) in [7, 11) is 0. The quantitative estimate of drug-likeness (QED) is 0.814. The van der Waals surface area contributed by atoms with Crippen molar-refractivity contribution in [1.82, 2.24) is 0 Å². The number of anilines is 1. The smallest absolute Gasteiger partial charge is 0.251 e. The predicted octanol–water partition coefficient (Wildman–Crippen LogP) is 2.60. The van der Waals surface area contributed by atoms with Gasteiger partial charge in [0, 0.05) is 16.0 Å². The first-order chi connectivity index (χ1) is 9.62. The SMILES string of the molecule is CC(C)(O)c1ccc(-c2cc(C(N)=O)c(N)s2)c(F)c1F. The van der Waals surface area contributed by atoms with Crippen LogP contribution in [-0.4, -0.2) is 11.0 Å². The topological polar surface area (TPSA) is 89.3 Å². The third-order valence-electron chi connectivity index (χ3n) is 3.03. The van der Waals surface area contributed by atoms with Crippen LogP contribution < -0.4 is 11.5 Å². The molecular formula is C14H14F2N2O2S. The molecule has 0 radical (unpaired) electrons. The van der Waals surface area contributed by atoms with Crippen molar-refractivity contribution in [2.75, 3.05) is 5.73 Å².